The molecule has 6 heteroatoms. The van der Waals surface area contributed by atoms with E-state index in [2.05, 4.69) is 26.6 Å². The van der Waals surface area contributed by atoms with E-state index in [-0.39, 0.29) is 0 Å². The molecule has 0 fully saturated rings. The van der Waals surface area contributed by atoms with Gasteiger partial charge in [-0.2, -0.15) is 10.2 Å². The van der Waals surface area contributed by atoms with Crippen molar-refractivity contribution in [3.05, 3.63) is 30.5 Å². The van der Waals surface area contributed by atoms with Crippen molar-refractivity contribution in [2.75, 3.05) is 5.43 Å². The Kier molecular flexibility index (Phi) is 4.68. The number of hydrazine groups is 1. The molecule has 0 radical (unpaired) electrons. The SMILES string of the molecule is CC=NN.NNc1nncc2ccccc12. The molecule has 2 rings (SSSR count). The minimum absolute atomic E-state index is 0.605. The summed E-state index contributed by atoms with van der Waals surface area (Å²) < 4.78 is 0. The molecule has 1 aromatic heterocycles. The molecule has 0 atom stereocenters. The largest absolute Gasteiger partial charge is 0.324 e. The first-order valence-corrected chi connectivity index (χ1v) is 4.68. The molecular formula is C10H14N6. The van der Waals surface area contributed by atoms with Gasteiger partial charge in [0.15, 0.2) is 5.82 Å². The van der Waals surface area contributed by atoms with E-state index in [1.807, 2.05) is 24.3 Å². The smallest absolute Gasteiger partial charge is 0.170 e. The topological polar surface area (TPSA) is 102 Å². The fourth-order valence-corrected chi connectivity index (χ4v) is 1.13. The van der Waals surface area contributed by atoms with Crippen LogP contribution in [0.5, 0.6) is 0 Å². The fraction of sp³-hybridized carbons (Fsp3) is 0.100. The number of fused-ring (bicyclic) bond motifs is 1. The van der Waals surface area contributed by atoms with Crippen molar-refractivity contribution < 1.29 is 0 Å². The van der Waals surface area contributed by atoms with E-state index in [4.69, 9.17) is 5.84 Å². The number of hydrogen-bond donors (Lipinski definition) is 3. The van der Waals surface area contributed by atoms with Crippen LogP contribution < -0.4 is 17.1 Å². The van der Waals surface area contributed by atoms with E-state index in [9.17, 15) is 0 Å². The van der Waals surface area contributed by atoms with Gasteiger partial charge in [0.2, 0.25) is 0 Å². The zero-order chi connectivity index (χ0) is 11.8. The van der Waals surface area contributed by atoms with Crippen molar-refractivity contribution in [2.24, 2.45) is 16.8 Å². The highest BCUT2D eigenvalue weighted by Gasteiger charge is 1.98. The normalized spacial score (nSPS) is 9.88. The van der Waals surface area contributed by atoms with Crippen molar-refractivity contribution in [3.8, 4) is 0 Å². The maximum atomic E-state index is 5.26. The van der Waals surface area contributed by atoms with Crippen LogP contribution in [0.3, 0.4) is 0 Å². The number of nitrogens with one attached hydrogen (secondary N) is 1. The lowest BCUT2D eigenvalue weighted by Crippen LogP contribution is -2.09. The van der Waals surface area contributed by atoms with Crippen LogP contribution in [0.2, 0.25) is 0 Å². The summed E-state index contributed by atoms with van der Waals surface area (Å²) >= 11 is 0. The molecule has 0 bridgehead atoms. The quantitative estimate of drug-likeness (QED) is 0.374. The zero-order valence-corrected chi connectivity index (χ0v) is 8.96. The first-order chi connectivity index (χ1) is 7.83. The monoisotopic (exact) mass is 218 g/mol. The zero-order valence-electron chi connectivity index (χ0n) is 8.96. The predicted molar refractivity (Wildman–Crippen MR) is 65.7 cm³/mol. The minimum atomic E-state index is 0.605. The van der Waals surface area contributed by atoms with Crippen molar-refractivity contribution in [1.82, 2.24) is 10.2 Å². The summed E-state index contributed by atoms with van der Waals surface area (Å²) in [4.78, 5) is 0. The summed E-state index contributed by atoms with van der Waals surface area (Å²) in [6, 6.07) is 7.79. The third kappa shape index (κ3) is 2.89. The molecule has 0 amide bonds. The molecule has 0 aliphatic heterocycles. The number of hydrogen-bond acceptors (Lipinski definition) is 6. The molecule has 0 aliphatic rings. The Balaban J connectivity index is 0.000000280. The molecule has 0 saturated heterocycles. The Bertz CT molecular complexity index is 458. The van der Waals surface area contributed by atoms with E-state index in [1.165, 1.54) is 6.21 Å². The fourth-order valence-electron chi connectivity index (χ4n) is 1.13. The van der Waals surface area contributed by atoms with Crippen LogP contribution >= 0.6 is 0 Å². The second-order valence-electron chi connectivity index (χ2n) is 2.83. The lowest BCUT2D eigenvalue weighted by molar-refractivity contribution is 1.04. The van der Waals surface area contributed by atoms with Crippen LogP contribution in [0.4, 0.5) is 5.82 Å². The maximum Gasteiger partial charge on any atom is 0.170 e. The van der Waals surface area contributed by atoms with E-state index >= 15 is 0 Å². The van der Waals surface area contributed by atoms with Gasteiger partial charge in [0.05, 0.1) is 6.20 Å². The van der Waals surface area contributed by atoms with Crippen molar-refractivity contribution in [1.29, 1.82) is 0 Å². The Morgan fingerprint density at radius 2 is 2.06 bits per heavy atom. The average molecular weight is 218 g/mol. The second kappa shape index (κ2) is 6.31. The number of rotatable bonds is 1. The van der Waals surface area contributed by atoms with Gasteiger partial charge in [0.1, 0.15) is 0 Å². The molecule has 84 valence electrons. The molecule has 1 aromatic carbocycles. The number of nitrogens with zero attached hydrogens (tertiary/aromatic N) is 3. The van der Waals surface area contributed by atoms with Crippen LogP contribution in [0, 0.1) is 0 Å². The van der Waals surface area contributed by atoms with Crippen LogP contribution in [-0.2, 0) is 0 Å². The third-order valence-corrected chi connectivity index (χ3v) is 1.86. The summed E-state index contributed by atoms with van der Waals surface area (Å²) in [7, 11) is 0. The van der Waals surface area contributed by atoms with Gasteiger partial charge in [-0.1, -0.05) is 24.3 Å². The number of anilines is 1. The van der Waals surface area contributed by atoms with E-state index in [0.717, 1.165) is 10.8 Å². The summed E-state index contributed by atoms with van der Waals surface area (Å²) in [6.45, 7) is 1.76. The molecule has 1 heterocycles. The van der Waals surface area contributed by atoms with Gasteiger partial charge in [0, 0.05) is 17.0 Å². The molecule has 0 spiro atoms. The van der Waals surface area contributed by atoms with Crippen molar-refractivity contribution >= 4 is 22.8 Å². The third-order valence-electron chi connectivity index (χ3n) is 1.86. The Labute approximate surface area is 93.3 Å². The van der Waals surface area contributed by atoms with Crippen molar-refractivity contribution in [2.45, 2.75) is 6.92 Å². The van der Waals surface area contributed by atoms with E-state index in [0.29, 0.717) is 5.82 Å². The molecule has 5 N–H and O–H groups in total. The number of aromatic nitrogens is 2. The van der Waals surface area contributed by atoms with Gasteiger partial charge in [-0.15, -0.1) is 5.10 Å². The highest BCUT2D eigenvalue weighted by molar-refractivity contribution is 5.90. The summed E-state index contributed by atoms with van der Waals surface area (Å²) in [5, 5.41) is 12.8. The molecule has 0 unspecified atom stereocenters. The molecule has 0 saturated carbocycles. The second-order valence-corrected chi connectivity index (χ2v) is 2.83. The van der Waals surface area contributed by atoms with Crippen LogP contribution in [0.25, 0.3) is 10.8 Å². The summed E-state index contributed by atoms with van der Waals surface area (Å²) in [5.74, 6) is 10.5. The standard InChI is InChI=1S/C8H8N4.C2H6N2/c9-11-8-7-4-2-1-3-6(7)5-10-12-8;1-2-4-3/h1-5H,9H2,(H,11,12);2H,3H2,1H3. The maximum absolute atomic E-state index is 5.26. The van der Waals surface area contributed by atoms with Crippen LogP contribution in [0.1, 0.15) is 6.92 Å². The molecular weight excluding hydrogens is 204 g/mol. The van der Waals surface area contributed by atoms with E-state index in [1.54, 1.807) is 13.1 Å². The highest BCUT2D eigenvalue weighted by atomic mass is 15.3. The lowest BCUT2D eigenvalue weighted by atomic mass is 10.2. The van der Waals surface area contributed by atoms with E-state index < -0.39 is 0 Å². The average Bonchev–Trinajstić information content (AvgIpc) is 2.38. The number of nitrogens with two attached hydrogens (primary N) is 2. The number of benzene rings is 1. The number of nitrogen functional groups attached to an aromatic ring is 1. The van der Waals surface area contributed by atoms with Crippen molar-refractivity contribution in [3.63, 3.8) is 0 Å². The molecule has 6 nitrogen and oxygen atoms in total. The molecule has 0 aliphatic carbocycles. The Morgan fingerprint density at radius 1 is 1.38 bits per heavy atom. The van der Waals surface area contributed by atoms with Crippen LogP contribution in [-0.4, -0.2) is 16.4 Å². The van der Waals surface area contributed by atoms with Gasteiger partial charge < -0.3 is 11.3 Å². The summed E-state index contributed by atoms with van der Waals surface area (Å²) in [6.07, 6.45) is 3.23. The molecule has 16 heavy (non-hydrogen) atoms. The van der Waals surface area contributed by atoms with Gasteiger partial charge >= 0.3 is 0 Å². The van der Waals surface area contributed by atoms with Gasteiger partial charge in [0.25, 0.3) is 0 Å². The Hall–Kier alpha value is -2.21. The molecule has 2 aromatic rings. The highest BCUT2D eigenvalue weighted by Crippen LogP contribution is 2.17. The van der Waals surface area contributed by atoms with Gasteiger partial charge in [-0.3, -0.25) is 0 Å². The van der Waals surface area contributed by atoms with Gasteiger partial charge in [-0.05, 0) is 6.92 Å². The Morgan fingerprint density at radius 3 is 2.69 bits per heavy atom. The van der Waals surface area contributed by atoms with Gasteiger partial charge in [-0.25, -0.2) is 5.84 Å². The minimum Gasteiger partial charge on any atom is -0.324 e. The number of hydrazone groups is 1. The predicted octanol–water partition coefficient (Wildman–Crippen LogP) is 0.866. The van der Waals surface area contributed by atoms with Crippen LogP contribution in [0.15, 0.2) is 35.6 Å². The first kappa shape index (κ1) is 11.9. The lowest BCUT2D eigenvalue weighted by Gasteiger charge is -2.01. The summed E-state index contributed by atoms with van der Waals surface area (Å²) in [5.41, 5.74) is 2.50. The first-order valence-electron chi connectivity index (χ1n) is 4.68.